The zero-order valence-corrected chi connectivity index (χ0v) is 9.78. The molecule has 0 aliphatic heterocycles. The summed E-state index contributed by atoms with van der Waals surface area (Å²) in [5, 5.41) is 11.8. The molecule has 1 aliphatic carbocycles. The third-order valence-corrected chi connectivity index (χ3v) is 3.31. The Bertz CT molecular complexity index is 481. The van der Waals surface area contributed by atoms with Crippen molar-refractivity contribution < 1.29 is 19.1 Å². The molecule has 1 aromatic carbocycles. The number of hydrogen-bond acceptors (Lipinski definition) is 2. The summed E-state index contributed by atoms with van der Waals surface area (Å²) in [6.07, 6.45) is 2.39. The second-order valence-corrected chi connectivity index (χ2v) is 4.56. The van der Waals surface area contributed by atoms with Gasteiger partial charge in [0.2, 0.25) is 0 Å². The number of amides is 1. The molecule has 1 saturated carbocycles. The van der Waals surface area contributed by atoms with Crippen LogP contribution in [0, 0.1) is 5.82 Å². The van der Waals surface area contributed by atoms with Crippen LogP contribution in [0.25, 0.3) is 0 Å². The van der Waals surface area contributed by atoms with E-state index in [0.29, 0.717) is 12.8 Å². The van der Waals surface area contributed by atoms with Gasteiger partial charge in [-0.3, -0.25) is 4.79 Å². The van der Waals surface area contributed by atoms with Crippen LogP contribution < -0.4 is 5.32 Å². The highest BCUT2D eigenvalue weighted by molar-refractivity contribution is 5.97. The minimum absolute atomic E-state index is 0.141. The molecule has 0 aromatic heterocycles. The van der Waals surface area contributed by atoms with Crippen molar-refractivity contribution in [1.82, 2.24) is 5.32 Å². The maximum Gasteiger partial charge on any atom is 0.329 e. The first-order chi connectivity index (χ1) is 8.53. The molecule has 1 fully saturated rings. The molecule has 0 atom stereocenters. The maximum absolute atomic E-state index is 13.0. The maximum atomic E-state index is 13.0. The third kappa shape index (κ3) is 2.34. The molecule has 2 N–H and O–H groups in total. The minimum Gasteiger partial charge on any atom is -0.480 e. The molecule has 0 unspecified atom stereocenters. The summed E-state index contributed by atoms with van der Waals surface area (Å²) in [5.74, 6) is -2.08. The van der Waals surface area contributed by atoms with E-state index in [1.807, 2.05) is 0 Å². The summed E-state index contributed by atoms with van der Waals surface area (Å²) in [5.41, 5.74) is -1.05. The van der Waals surface area contributed by atoms with Crippen LogP contribution in [0.4, 0.5) is 4.39 Å². The second kappa shape index (κ2) is 4.76. The van der Waals surface area contributed by atoms with Crippen LogP contribution in [-0.4, -0.2) is 22.5 Å². The Morgan fingerprint density at radius 1 is 1.28 bits per heavy atom. The van der Waals surface area contributed by atoms with Crippen molar-refractivity contribution in [2.45, 2.75) is 31.2 Å². The number of carbonyl (C=O) groups excluding carboxylic acids is 1. The quantitative estimate of drug-likeness (QED) is 0.862. The Balaban J connectivity index is 2.18. The van der Waals surface area contributed by atoms with Gasteiger partial charge in [-0.2, -0.15) is 0 Å². The molecular weight excluding hydrogens is 237 g/mol. The molecule has 0 radical (unpaired) electrons. The highest BCUT2D eigenvalue weighted by Gasteiger charge is 2.42. The van der Waals surface area contributed by atoms with E-state index in [0.717, 1.165) is 18.9 Å². The first kappa shape index (κ1) is 12.5. The van der Waals surface area contributed by atoms with Crippen molar-refractivity contribution in [3.8, 4) is 0 Å². The molecule has 1 amide bonds. The molecule has 18 heavy (non-hydrogen) atoms. The van der Waals surface area contributed by atoms with Crippen molar-refractivity contribution in [3.05, 3.63) is 35.6 Å². The molecule has 5 heteroatoms. The van der Waals surface area contributed by atoms with E-state index in [1.54, 1.807) is 0 Å². The smallest absolute Gasteiger partial charge is 0.329 e. The zero-order valence-electron chi connectivity index (χ0n) is 9.78. The molecule has 4 nitrogen and oxygen atoms in total. The summed E-state index contributed by atoms with van der Waals surface area (Å²) in [6.45, 7) is 0. The van der Waals surface area contributed by atoms with Gasteiger partial charge in [-0.1, -0.05) is 18.9 Å². The van der Waals surface area contributed by atoms with E-state index in [-0.39, 0.29) is 5.56 Å². The summed E-state index contributed by atoms with van der Waals surface area (Å²) < 4.78 is 13.0. The molecule has 96 valence electrons. The lowest BCUT2D eigenvalue weighted by molar-refractivity contribution is -0.144. The Morgan fingerprint density at radius 2 is 1.94 bits per heavy atom. The van der Waals surface area contributed by atoms with Gasteiger partial charge in [-0.25, -0.2) is 9.18 Å². The number of carbonyl (C=O) groups is 2. The predicted molar refractivity (Wildman–Crippen MR) is 62.7 cm³/mol. The van der Waals surface area contributed by atoms with Gasteiger partial charge < -0.3 is 10.4 Å². The van der Waals surface area contributed by atoms with E-state index in [9.17, 15) is 19.1 Å². The van der Waals surface area contributed by atoms with Gasteiger partial charge in [-0.15, -0.1) is 0 Å². The normalized spacial score (nSPS) is 17.4. The summed E-state index contributed by atoms with van der Waals surface area (Å²) in [7, 11) is 0. The van der Waals surface area contributed by atoms with Crippen LogP contribution in [0.1, 0.15) is 36.0 Å². The van der Waals surface area contributed by atoms with Crippen molar-refractivity contribution in [1.29, 1.82) is 0 Å². The SMILES string of the molecule is O=C(NC1(C(=O)O)CCCC1)c1cccc(F)c1. The standard InChI is InChI=1S/C13H14FNO3/c14-10-5-3-4-9(8-10)11(16)15-13(12(17)18)6-1-2-7-13/h3-5,8H,1-2,6-7H2,(H,15,16)(H,17,18). The van der Waals surface area contributed by atoms with Crippen molar-refractivity contribution in [2.24, 2.45) is 0 Å². The fourth-order valence-corrected chi connectivity index (χ4v) is 2.29. The van der Waals surface area contributed by atoms with Gasteiger partial charge in [0.1, 0.15) is 11.4 Å². The zero-order chi connectivity index (χ0) is 13.2. The van der Waals surface area contributed by atoms with Crippen LogP contribution in [0.15, 0.2) is 24.3 Å². The predicted octanol–water partition coefficient (Wildman–Crippen LogP) is 1.95. The van der Waals surface area contributed by atoms with Crippen LogP contribution in [0.3, 0.4) is 0 Å². The molecule has 1 aliphatic rings. The molecule has 0 saturated heterocycles. The fraction of sp³-hybridized carbons (Fsp3) is 0.385. The molecule has 0 spiro atoms. The van der Waals surface area contributed by atoms with Gasteiger partial charge >= 0.3 is 5.97 Å². The molecule has 2 rings (SSSR count). The van der Waals surface area contributed by atoms with Crippen molar-refractivity contribution in [3.63, 3.8) is 0 Å². The van der Waals surface area contributed by atoms with E-state index < -0.39 is 23.2 Å². The number of halogens is 1. The van der Waals surface area contributed by atoms with Gasteiger partial charge in [0.05, 0.1) is 0 Å². The topological polar surface area (TPSA) is 66.4 Å². The van der Waals surface area contributed by atoms with E-state index in [4.69, 9.17) is 0 Å². The van der Waals surface area contributed by atoms with Gasteiger partial charge in [0.15, 0.2) is 0 Å². The summed E-state index contributed by atoms with van der Waals surface area (Å²) in [6, 6.07) is 5.22. The van der Waals surface area contributed by atoms with Crippen LogP contribution in [0.5, 0.6) is 0 Å². The van der Waals surface area contributed by atoms with Gasteiger partial charge in [0, 0.05) is 5.56 Å². The lowest BCUT2D eigenvalue weighted by atomic mass is 9.97. The van der Waals surface area contributed by atoms with Crippen LogP contribution in [-0.2, 0) is 4.79 Å². The number of carboxylic acid groups (broad SMARTS) is 1. The number of rotatable bonds is 3. The number of benzene rings is 1. The largest absolute Gasteiger partial charge is 0.480 e. The summed E-state index contributed by atoms with van der Waals surface area (Å²) in [4.78, 5) is 23.2. The number of carboxylic acids is 1. The van der Waals surface area contributed by atoms with Gasteiger partial charge in [0.25, 0.3) is 5.91 Å². The van der Waals surface area contributed by atoms with Crippen molar-refractivity contribution in [2.75, 3.05) is 0 Å². The highest BCUT2D eigenvalue weighted by atomic mass is 19.1. The first-order valence-corrected chi connectivity index (χ1v) is 5.85. The first-order valence-electron chi connectivity index (χ1n) is 5.85. The van der Waals surface area contributed by atoms with Crippen LogP contribution >= 0.6 is 0 Å². The number of aliphatic carboxylic acids is 1. The Morgan fingerprint density at radius 3 is 2.50 bits per heavy atom. The minimum atomic E-state index is -1.19. The lowest BCUT2D eigenvalue weighted by Crippen LogP contribution is -2.52. The van der Waals surface area contributed by atoms with Crippen molar-refractivity contribution >= 4 is 11.9 Å². The second-order valence-electron chi connectivity index (χ2n) is 4.56. The molecular formula is C13H14FNO3. The summed E-state index contributed by atoms with van der Waals surface area (Å²) >= 11 is 0. The monoisotopic (exact) mass is 251 g/mol. The Hall–Kier alpha value is -1.91. The Labute approximate surface area is 104 Å². The third-order valence-electron chi connectivity index (χ3n) is 3.31. The molecule has 1 aromatic rings. The molecule has 0 heterocycles. The Kier molecular flexibility index (Phi) is 3.32. The molecule has 0 bridgehead atoms. The average Bonchev–Trinajstić information content (AvgIpc) is 2.79. The lowest BCUT2D eigenvalue weighted by Gasteiger charge is -2.25. The van der Waals surface area contributed by atoms with Crippen LogP contribution in [0.2, 0.25) is 0 Å². The van der Waals surface area contributed by atoms with E-state index in [2.05, 4.69) is 5.32 Å². The average molecular weight is 251 g/mol. The van der Waals surface area contributed by atoms with E-state index in [1.165, 1.54) is 18.2 Å². The fourth-order valence-electron chi connectivity index (χ4n) is 2.29. The van der Waals surface area contributed by atoms with Gasteiger partial charge in [-0.05, 0) is 31.0 Å². The van der Waals surface area contributed by atoms with E-state index >= 15 is 0 Å². The number of hydrogen-bond donors (Lipinski definition) is 2. The highest BCUT2D eigenvalue weighted by Crippen LogP contribution is 2.30. The number of nitrogens with one attached hydrogen (secondary N) is 1.